The second kappa shape index (κ2) is 8.20. The Bertz CT molecular complexity index is 488. The van der Waals surface area contributed by atoms with Gasteiger partial charge in [0.05, 0.1) is 19.3 Å². The molecule has 1 saturated heterocycles. The molecule has 1 aromatic carbocycles. The molecule has 1 N–H and O–H groups in total. The Balaban J connectivity index is 1.30. The van der Waals surface area contributed by atoms with Crippen LogP contribution in [0.2, 0.25) is 0 Å². The molecule has 1 unspecified atom stereocenters. The monoisotopic (exact) mass is 322 g/mol. The maximum Gasteiger partial charge on any atom is 0.128 e. The van der Waals surface area contributed by atoms with Gasteiger partial charge in [0, 0.05) is 44.8 Å². The molecule has 1 atom stereocenters. The third-order valence-electron chi connectivity index (χ3n) is 4.67. The molecule has 23 heavy (non-hydrogen) atoms. The van der Waals surface area contributed by atoms with Gasteiger partial charge >= 0.3 is 0 Å². The van der Waals surface area contributed by atoms with Gasteiger partial charge in [0.15, 0.2) is 0 Å². The van der Waals surface area contributed by atoms with Crippen LogP contribution >= 0.6 is 0 Å². The molecule has 2 fully saturated rings. The van der Waals surface area contributed by atoms with Crippen molar-refractivity contribution in [2.24, 2.45) is 5.92 Å². The molecule has 0 amide bonds. The highest BCUT2D eigenvalue weighted by Crippen LogP contribution is 2.29. The van der Waals surface area contributed by atoms with E-state index in [1.165, 1.54) is 25.5 Å². The lowest BCUT2D eigenvalue weighted by molar-refractivity contribution is 0.000526. The zero-order valence-corrected chi connectivity index (χ0v) is 13.7. The second-order valence-corrected chi connectivity index (χ2v) is 6.80. The van der Waals surface area contributed by atoms with Crippen molar-refractivity contribution < 1.29 is 14.2 Å². The molecule has 0 radical (unpaired) electrons. The summed E-state index contributed by atoms with van der Waals surface area (Å²) in [6.45, 7) is 6.55. The van der Waals surface area contributed by atoms with Crippen molar-refractivity contribution in [1.29, 1.82) is 0 Å². The van der Waals surface area contributed by atoms with Crippen molar-refractivity contribution in [1.82, 2.24) is 9.80 Å². The first kappa shape index (κ1) is 16.8. The number of hydrogen-bond donors (Lipinski definition) is 1. The van der Waals surface area contributed by atoms with Crippen LogP contribution in [0.5, 0.6) is 0 Å². The van der Waals surface area contributed by atoms with Gasteiger partial charge in [-0.15, -0.1) is 0 Å². The van der Waals surface area contributed by atoms with E-state index < -0.39 is 6.10 Å². The number of benzene rings is 1. The normalized spacial score (nSPS) is 21.5. The Morgan fingerprint density at radius 2 is 1.83 bits per heavy atom. The van der Waals surface area contributed by atoms with Crippen LogP contribution in [-0.2, 0) is 11.3 Å². The maximum atomic E-state index is 13.5. The van der Waals surface area contributed by atoms with Crippen molar-refractivity contribution in [2.45, 2.75) is 25.6 Å². The first-order valence-corrected chi connectivity index (χ1v) is 8.64. The lowest BCUT2D eigenvalue weighted by Gasteiger charge is -2.35. The summed E-state index contributed by atoms with van der Waals surface area (Å²) in [6, 6.07) is 6.59. The maximum absolute atomic E-state index is 13.5. The number of hydrogen-bond acceptors (Lipinski definition) is 4. The minimum Gasteiger partial charge on any atom is -0.389 e. The fourth-order valence-corrected chi connectivity index (χ4v) is 3.09. The van der Waals surface area contributed by atoms with Crippen molar-refractivity contribution in [2.75, 3.05) is 45.9 Å². The van der Waals surface area contributed by atoms with E-state index in [0.29, 0.717) is 12.1 Å². The van der Waals surface area contributed by atoms with Gasteiger partial charge in [-0.25, -0.2) is 4.39 Å². The Labute approximate surface area is 137 Å². The average Bonchev–Trinajstić information content (AvgIpc) is 3.35. The van der Waals surface area contributed by atoms with Crippen LogP contribution in [0.1, 0.15) is 18.4 Å². The molecule has 1 aromatic rings. The second-order valence-electron chi connectivity index (χ2n) is 6.80. The molecule has 0 bridgehead atoms. The lowest BCUT2D eigenvalue weighted by Crippen LogP contribution is -2.49. The molecule has 128 valence electrons. The van der Waals surface area contributed by atoms with E-state index in [1.807, 2.05) is 0 Å². The molecule has 0 aromatic heterocycles. The largest absolute Gasteiger partial charge is 0.389 e. The summed E-state index contributed by atoms with van der Waals surface area (Å²) in [5, 5.41) is 10.1. The van der Waals surface area contributed by atoms with Crippen molar-refractivity contribution >= 4 is 0 Å². The molecular weight excluding hydrogens is 295 g/mol. The molecule has 0 spiro atoms. The minimum absolute atomic E-state index is 0.207. The van der Waals surface area contributed by atoms with E-state index in [2.05, 4.69) is 9.80 Å². The van der Waals surface area contributed by atoms with Gasteiger partial charge in [-0.05, 0) is 24.8 Å². The zero-order valence-electron chi connectivity index (χ0n) is 13.7. The first-order valence-electron chi connectivity index (χ1n) is 8.64. The molecule has 1 saturated carbocycles. The number of ether oxygens (including phenoxy) is 1. The Morgan fingerprint density at radius 3 is 2.52 bits per heavy atom. The number of aliphatic hydroxyl groups excluding tert-OH is 1. The van der Waals surface area contributed by atoms with E-state index in [0.717, 1.165) is 32.1 Å². The van der Waals surface area contributed by atoms with Gasteiger partial charge < -0.3 is 14.7 Å². The van der Waals surface area contributed by atoms with Gasteiger partial charge in [0.1, 0.15) is 5.82 Å². The molecule has 1 aliphatic heterocycles. The molecule has 1 aliphatic carbocycles. The third-order valence-corrected chi connectivity index (χ3v) is 4.67. The Kier molecular flexibility index (Phi) is 6.00. The molecule has 1 heterocycles. The molecule has 3 rings (SSSR count). The predicted molar refractivity (Wildman–Crippen MR) is 87.7 cm³/mol. The molecule has 5 heteroatoms. The van der Waals surface area contributed by atoms with Gasteiger partial charge in [-0.2, -0.15) is 0 Å². The summed E-state index contributed by atoms with van der Waals surface area (Å²) < 4.78 is 18.9. The molecule has 2 aliphatic rings. The van der Waals surface area contributed by atoms with Crippen molar-refractivity contribution in [3.05, 3.63) is 35.6 Å². The van der Waals surface area contributed by atoms with Crippen molar-refractivity contribution in [3.8, 4) is 0 Å². The van der Waals surface area contributed by atoms with E-state index in [4.69, 9.17) is 4.74 Å². The van der Waals surface area contributed by atoms with Crippen LogP contribution in [0.3, 0.4) is 0 Å². The highest BCUT2D eigenvalue weighted by molar-refractivity contribution is 5.16. The number of halogens is 1. The van der Waals surface area contributed by atoms with Gasteiger partial charge in [0.25, 0.3) is 0 Å². The third kappa shape index (κ3) is 5.53. The Hall–Kier alpha value is -1.01. The summed E-state index contributed by atoms with van der Waals surface area (Å²) in [7, 11) is 0. The fraction of sp³-hybridized carbons (Fsp3) is 0.667. The van der Waals surface area contributed by atoms with Crippen LogP contribution in [0.4, 0.5) is 4.39 Å². The molecular formula is C18H27FN2O2. The van der Waals surface area contributed by atoms with Crippen molar-refractivity contribution in [3.63, 3.8) is 0 Å². The first-order chi connectivity index (χ1) is 11.2. The summed E-state index contributed by atoms with van der Waals surface area (Å²) in [6.07, 6.45) is 2.29. The van der Waals surface area contributed by atoms with E-state index in [1.54, 1.807) is 18.2 Å². The van der Waals surface area contributed by atoms with Gasteiger partial charge in [-0.3, -0.25) is 4.90 Å². The number of piperazine rings is 1. The van der Waals surface area contributed by atoms with E-state index in [-0.39, 0.29) is 19.0 Å². The van der Waals surface area contributed by atoms with Gasteiger partial charge in [0.2, 0.25) is 0 Å². The predicted octanol–water partition coefficient (Wildman–Crippen LogP) is 1.73. The van der Waals surface area contributed by atoms with E-state index >= 15 is 0 Å². The SMILES string of the molecule is OC(COCc1ccccc1F)CN1CCN(CC2CC2)CC1. The summed E-state index contributed by atoms with van der Waals surface area (Å²) in [4.78, 5) is 4.83. The summed E-state index contributed by atoms with van der Waals surface area (Å²) >= 11 is 0. The van der Waals surface area contributed by atoms with E-state index in [9.17, 15) is 9.50 Å². The number of rotatable bonds is 8. The smallest absolute Gasteiger partial charge is 0.128 e. The summed E-state index contributed by atoms with van der Waals surface area (Å²) in [5.41, 5.74) is 0.536. The quantitative estimate of drug-likeness (QED) is 0.791. The van der Waals surface area contributed by atoms with Crippen LogP contribution < -0.4 is 0 Å². The number of nitrogens with zero attached hydrogens (tertiary/aromatic N) is 2. The van der Waals surface area contributed by atoms with Gasteiger partial charge in [-0.1, -0.05) is 18.2 Å². The fourth-order valence-electron chi connectivity index (χ4n) is 3.09. The topological polar surface area (TPSA) is 35.9 Å². The average molecular weight is 322 g/mol. The highest BCUT2D eigenvalue weighted by Gasteiger charge is 2.26. The summed E-state index contributed by atoms with van der Waals surface area (Å²) in [5.74, 6) is 0.688. The molecule has 4 nitrogen and oxygen atoms in total. The van der Waals surface area contributed by atoms with Crippen LogP contribution in [-0.4, -0.2) is 66.9 Å². The number of aliphatic hydroxyl groups is 1. The standard InChI is InChI=1S/C18H27FN2O2/c19-18-4-2-1-3-16(18)13-23-14-17(22)12-21-9-7-20(8-10-21)11-15-5-6-15/h1-4,15,17,22H,5-14H2. The minimum atomic E-state index is -0.517. The zero-order chi connectivity index (χ0) is 16.1. The lowest BCUT2D eigenvalue weighted by atomic mass is 10.2. The van der Waals surface area contributed by atoms with Crippen LogP contribution in [0.25, 0.3) is 0 Å². The highest BCUT2D eigenvalue weighted by atomic mass is 19.1. The van der Waals surface area contributed by atoms with Crippen LogP contribution in [0.15, 0.2) is 24.3 Å². The Morgan fingerprint density at radius 1 is 1.13 bits per heavy atom. The van der Waals surface area contributed by atoms with Crippen LogP contribution in [0, 0.1) is 11.7 Å². The number of β-amino-alcohol motifs (C(OH)–C–C–N with tert-alkyl or cyclic N) is 1.